The van der Waals surface area contributed by atoms with Gasteiger partial charge in [0, 0.05) is 7.14 Å². The number of halogens is 2. The van der Waals surface area contributed by atoms with E-state index in [2.05, 4.69) is 49.9 Å². The second kappa shape index (κ2) is 4.93. The van der Waals surface area contributed by atoms with Crippen LogP contribution in [-0.2, 0) is 4.74 Å². The maximum Gasteiger partial charge on any atom is 0.339 e. The van der Waals surface area contributed by atoms with Crippen molar-refractivity contribution in [3.8, 4) is 6.07 Å². The molecule has 0 radical (unpaired) electrons. The zero-order valence-electron chi connectivity index (χ0n) is 7.17. The van der Waals surface area contributed by atoms with Crippen LogP contribution in [0.15, 0.2) is 12.1 Å². The Bertz CT molecular complexity index is 424. The van der Waals surface area contributed by atoms with E-state index in [0.29, 0.717) is 11.1 Å². The molecule has 0 amide bonds. The third-order valence-electron chi connectivity index (χ3n) is 1.56. The molecule has 0 spiro atoms. The van der Waals surface area contributed by atoms with Gasteiger partial charge in [-0.1, -0.05) is 0 Å². The number of carbonyl (C=O) groups excluding carboxylic acids is 1. The number of nitrogens with zero attached hydrogens (tertiary/aromatic N) is 1. The summed E-state index contributed by atoms with van der Waals surface area (Å²) < 4.78 is 6.31. The van der Waals surface area contributed by atoms with Gasteiger partial charge < -0.3 is 4.74 Å². The average Bonchev–Trinajstić information content (AvgIpc) is 2.20. The summed E-state index contributed by atoms with van der Waals surface area (Å²) in [5.74, 6) is -0.413. The van der Waals surface area contributed by atoms with E-state index >= 15 is 0 Å². The Hall–Kier alpha value is -0.360. The van der Waals surface area contributed by atoms with Crippen molar-refractivity contribution >= 4 is 51.2 Å². The summed E-state index contributed by atoms with van der Waals surface area (Å²) in [4.78, 5) is 11.3. The van der Waals surface area contributed by atoms with E-state index in [1.165, 1.54) is 13.2 Å². The van der Waals surface area contributed by atoms with Crippen LogP contribution < -0.4 is 0 Å². The van der Waals surface area contributed by atoms with Crippen LogP contribution in [0.2, 0.25) is 0 Å². The van der Waals surface area contributed by atoms with Crippen molar-refractivity contribution in [2.45, 2.75) is 0 Å². The quantitative estimate of drug-likeness (QED) is 0.526. The van der Waals surface area contributed by atoms with Crippen LogP contribution in [0.4, 0.5) is 0 Å². The van der Waals surface area contributed by atoms with Crippen molar-refractivity contribution in [2.75, 3.05) is 7.11 Å². The van der Waals surface area contributed by atoms with Gasteiger partial charge in [-0.25, -0.2) is 4.79 Å². The summed E-state index contributed by atoms with van der Waals surface area (Å²) in [5, 5.41) is 8.72. The Morgan fingerprint density at radius 3 is 2.64 bits per heavy atom. The van der Waals surface area contributed by atoms with E-state index in [1.807, 2.05) is 6.07 Å². The molecule has 1 aromatic rings. The Labute approximate surface area is 109 Å². The van der Waals surface area contributed by atoms with Crippen molar-refractivity contribution in [3.63, 3.8) is 0 Å². The number of benzene rings is 1. The molecule has 0 unspecified atom stereocenters. The predicted octanol–water partition coefficient (Wildman–Crippen LogP) is 2.55. The number of esters is 1. The van der Waals surface area contributed by atoms with E-state index in [4.69, 9.17) is 5.26 Å². The van der Waals surface area contributed by atoms with Gasteiger partial charge in [0.25, 0.3) is 0 Å². The first-order valence-corrected chi connectivity index (χ1v) is 5.73. The largest absolute Gasteiger partial charge is 0.465 e. The molecular weight excluding hydrogens is 408 g/mol. The highest BCUT2D eigenvalue weighted by Crippen LogP contribution is 2.22. The third kappa shape index (κ3) is 2.36. The highest BCUT2D eigenvalue weighted by molar-refractivity contribution is 14.1. The summed E-state index contributed by atoms with van der Waals surface area (Å²) in [6.07, 6.45) is 0. The molecule has 0 fully saturated rings. The highest BCUT2D eigenvalue weighted by Gasteiger charge is 2.14. The molecule has 14 heavy (non-hydrogen) atoms. The smallest absolute Gasteiger partial charge is 0.339 e. The monoisotopic (exact) mass is 413 g/mol. The van der Waals surface area contributed by atoms with E-state index in [1.54, 1.807) is 6.07 Å². The fourth-order valence-electron chi connectivity index (χ4n) is 0.912. The lowest BCUT2D eigenvalue weighted by Gasteiger charge is -2.04. The Morgan fingerprint density at radius 1 is 1.50 bits per heavy atom. The van der Waals surface area contributed by atoms with Gasteiger partial charge in [-0.05, 0) is 57.3 Å². The Kier molecular flexibility index (Phi) is 4.12. The molecule has 0 saturated heterocycles. The molecule has 0 aliphatic heterocycles. The lowest BCUT2D eigenvalue weighted by Crippen LogP contribution is -2.05. The van der Waals surface area contributed by atoms with Crippen LogP contribution in [0.3, 0.4) is 0 Å². The number of methoxy groups -OCH3 is 1. The summed E-state index contributed by atoms with van der Waals surface area (Å²) in [6.45, 7) is 0. The zero-order valence-corrected chi connectivity index (χ0v) is 11.5. The van der Waals surface area contributed by atoms with Gasteiger partial charge in [0.1, 0.15) is 0 Å². The maximum atomic E-state index is 11.3. The van der Waals surface area contributed by atoms with Crippen LogP contribution in [0, 0.1) is 18.5 Å². The molecule has 0 saturated carbocycles. The summed E-state index contributed by atoms with van der Waals surface area (Å²) in [5.41, 5.74) is 0.909. The second-order valence-corrected chi connectivity index (χ2v) is 4.66. The van der Waals surface area contributed by atoms with Crippen molar-refractivity contribution in [1.82, 2.24) is 0 Å². The molecule has 0 aliphatic carbocycles. The van der Waals surface area contributed by atoms with Crippen molar-refractivity contribution in [2.24, 2.45) is 0 Å². The first kappa shape index (κ1) is 11.7. The molecule has 0 N–H and O–H groups in total. The summed E-state index contributed by atoms with van der Waals surface area (Å²) >= 11 is 4.14. The van der Waals surface area contributed by atoms with Crippen LogP contribution in [-0.4, -0.2) is 13.1 Å². The predicted molar refractivity (Wildman–Crippen MR) is 67.9 cm³/mol. The SMILES string of the molecule is COC(=O)c1cc(C#N)cc(I)c1I. The topological polar surface area (TPSA) is 50.1 Å². The third-order valence-corrected chi connectivity index (χ3v) is 4.61. The van der Waals surface area contributed by atoms with Gasteiger partial charge in [0.15, 0.2) is 0 Å². The van der Waals surface area contributed by atoms with Gasteiger partial charge in [-0.15, -0.1) is 0 Å². The molecule has 1 rings (SSSR count). The van der Waals surface area contributed by atoms with Crippen LogP contribution in [0.5, 0.6) is 0 Å². The first-order chi connectivity index (χ1) is 6.60. The number of rotatable bonds is 1. The van der Waals surface area contributed by atoms with Crippen LogP contribution >= 0.6 is 45.2 Å². The standard InChI is InChI=1S/C9H5I2NO2/c1-14-9(13)6-2-5(4-12)3-7(10)8(6)11/h2-3H,1H3. The molecule has 0 aromatic heterocycles. The maximum absolute atomic E-state index is 11.3. The van der Waals surface area contributed by atoms with E-state index in [9.17, 15) is 4.79 Å². The van der Waals surface area contributed by atoms with Crippen molar-refractivity contribution in [3.05, 3.63) is 30.4 Å². The lowest BCUT2D eigenvalue weighted by atomic mass is 10.1. The van der Waals surface area contributed by atoms with Crippen LogP contribution in [0.1, 0.15) is 15.9 Å². The highest BCUT2D eigenvalue weighted by atomic mass is 127. The van der Waals surface area contributed by atoms with Gasteiger partial charge in [-0.2, -0.15) is 5.26 Å². The van der Waals surface area contributed by atoms with E-state index in [0.717, 1.165) is 7.14 Å². The number of nitriles is 1. The lowest BCUT2D eigenvalue weighted by molar-refractivity contribution is 0.0599. The number of hydrogen-bond donors (Lipinski definition) is 0. The van der Waals surface area contributed by atoms with Gasteiger partial charge >= 0.3 is 5.97 Å². The minimum atomic E-state index is -0.413. The zero-order chi connectivity index (χ0) is 10.7. The summed E-state index contributed by atoms with van der Waals surface area (Å²) in [7, 11) is 1.32. The van der Waals surface area contributed by atoms with E-state index in [-0.39, 0.29) is 0 Å². The fourth-order valence-corrected chi connectivity index (χ4v) is 2.07. The molecule has 1 aromatic carbocycles. The van der Waals surface area contributed by atoms with E-state index < -0.39 is 5.97 Å². The molecule has 0 atom stereocenters. The average molecular weight is 413 g/mol. The molecule has 3 nitrogen and oxygen atoms in total. The molecule has 0 aliphatic rings. The van der Waals surface area contributed by atoms with Crippen molar-refractivity contribution < 1.29 is 9.53 Å². The Balaban J connectivity index is 3.36. The first-order valence-electron chi connectivity index (χ1n) is 3.57. The van der Waals surface area contributed by atoms with Crippen LogP contribution in [0.25, 0.3) is 0 Å². The number of hydrogen-bond acceptors (Lipinski definition) is 3. The van der Waals surface area contributed by atoms with Gasteiger partial charge in [-0.3, -0.25) is 0 Å². The van der Waals surface area contributed by atoms with Crippen molar-refractivity contribution in [1.29, 1.82) is 5.26 Å². The molecular formula is C9H5I2NO2. The van der Waals surface area contributed by atoms with Gasteiger partial charge in [0.05, 0.1) is 24.3 Å². The molecule has 0 heterocycles. The second-order valence-electron chi connectivity index (χ2n) is 2.42. The number of carbonyl (C=O) groups is 1. The molecule has 72 valence electrons. The normalized spacial score (nSPS) is 9.29. The van der Waals surface area contributed by atoms with Gasteiger partial charge in [0.2, 0.25) is 0 Å². The fraction of sp³-hybridized carbons (Fsp3) is 0.111. The minimum absolute atomic E-state index is 0.413. The minimum Gasteiger partial charge on any atom is -0.465 e. The molecule has 5 heteroatoms. The summed E-state index contributed by atoms with van der Waals surface area (Å²) in [6, 6.07) is 5.27. The number of ether oxygens (including phenoxy) is 1. The molecule has 0 bridgehead atoms. The Morgan fingerprint density at radius 2 is 2.14 bits per heavy atom.